The van der Waals surface area contributed by atoms with Crippen LogP contribution in [0.25, 0.3) is 0 Å². The van der Waals surface area contributed by atoms with E-state index in [9.17, 15) is 4.79 Å². The van der Waals surface area contributed by atoms with Gasteiger partial charge in [0.15, 0.2) is 0 Å². The molecular formula is C13H24O2. The minimum absolute atomic E-state index is 0.0168. The maximum Gasteiger partial charge on any atom is 0.305 e. The highest BCUT2D eigenvalue weighted by atomic mass is 16.5. The van der Waals surface area contributed by atoms with E-state index in [-0.39, 0.29) is 11.4 Å². The Bertz CT molecular complexity index is 197. The summed E-state index contributed by atoms with van der Waals surface area (Å²) in [4.78, 5) is 11.4. The summed E-state index contributed by atoms with van der Waals surface area (Å²) in [6, 6.07) is 0. The van der Waals surface area contributed by atoms with Gasteiger partial charge in [-0.2, -0.15) is 0 Å². The number of carbonyl (C=O) groups excluding carboxylic acids is 1. The molecule has 0 bridgehead atoms. The second-order valence-electron chi connectivity index (χ2n) is 5.91. The lowest BCUT2D eigenvalue weighted by Gasteiger charge is -2.18. The third kappa shape index (κ3) is 5.81. The minimum atomic E-state index is -0.0168. The summed E-state index contributed by atoms with van der Waals surface area (Å²) in [5.74, 6) is 0.768. The largest absolute Gasteiger partial charge is 0.465 e. The molecule has 1 aliphatic rings. The molecule has 0 heterocycles. The number of esters is 1. The first-order chi connectivity index (χ1) is 6.97. The van der Waals surface area contributed by atoms with Crippen molar-refractivity contribution in [3.05, 3.63) is 0 Å². The zero-order valence-corrected chi connectivity index (χ0v) is 10.3. The molecule has 0 spiro atoms. The second-order valence-corrected chi connectivity index (χ2v) is 5.91. The van der Waals surface area contributed by atoms with Crippen LogP contribution in [0, 0.1) is 11.3 Å². The van der Waals surface area contributed by atoms with Crippen LogP contribution in [0.5, 0.6) is 0 Å². The summed E-state index contributed by atoms with van der Waals surface area (Å²) in [7, 11) is 0. The van der Waals surface area contributed by atoms with Crippen LogP contribution in [-0.2, 0) is 9.53 Å². The van der Waals surface area contributed by atoms with Gasteiger partial charge in [0.05, 0.1) is 6.61 Å². The predicted molar refractivity (Wildman–Crippen MR) is 61.6 cm³/mol. The van der Waals surface area contributed by atoms with Crippen LogP contribution in [0.1, 0.15) is 59.3 Å². The van der Waals surface area contributed by atoms with Crippen molar-refractivity contribution in [2.24, 2.45) is 11.3 Å². The lowest BCUT2D eigenvalue weighted by molar-refractivity contribution is -0.146. The van der Waals surface area contributed by atoms with Gasteiger partial charge in [0.25, 0.3) is 0 Å². The van der Waals surface area contributed by atoms with Crippen LogP contribution in [0.15, 0.2) is 0 Å². The summed E-state index contributed by atoms with van der Waals surface area (Å²) >= 11 is 0. The topological polar surface area (TPSA) is 26.3 Å². The molecule has 0 aromatic heterocycles. The van der Waals surface area contributed by atoms with Crippen LogP contribution in [0.3, 0.4) is 0 Å². The molecule has 0 aromatic rings. The van der Waals surface area contributed by atoms with Crippen molar-refractivity contribution in [3.63, 3.8) is 0 Å². The van der Waals surface area contributed by atoms with Crippen molar-refractivity contribution < 1.29 is 9.53 Å². The van der Waals surface area contributed by atoms with Crippen LogP contribution in [0.4, 0.5) is 0 Å². The maximum absolute atomic E-state index is 11.4. The Hall–Kier alpha value is -0.530. The lowest BCUT2D eigenvalue weighted by Crippen LogP contribution is -2.18. The Balaban J connectivity index is 2.08. The zero-order chi connectivity index (χ0) is 11.3. The fraction of sp³-hybridized carbons (Fsp3) is 0.923. The molecule has 0 atom stereocenters. The highest BCUT2D eigenvalue weighted by Gasteiger charge is 2.18. The third-order valence-corrected chi connectivity index (χ3v) is 2.90. The number of carbonyl (C=O) groups is 1. The van der Waals surface area contributed by atoms with E-state index < -0.39 is 0 Å². The van der Waals surface area contributed by atoms with Gasteiger partial charge in [-0.15, -0.1) is 0 Å². The van der Waals surface area contributed by atoms with Gasteiger partial charge in [0, 0.05) is 6.42 Å². The number of rotatable bonds is 4. The normalized spacial score (nSPS) is 18.1. The second kappa shape index (κ2) is 5.53. The quantitative estimate of drug-likeness (QED) is 0.666. The maximum atomic E-state index is 11.4. The van der Waals surface area contributed by atoms with E-state index in [0.29, 0.717) is 13.0 Å². The van der Waals surface area contributed by atoms with Gasteiger partial charge in [-0.05, 0) is 17.8 Å². The fourth-order valence-corrected chi connectivity index (χ4v) is 1.99. The molecule has 15 heavy (non-hydrogen) atoms. The van der Waals surface area contributed by atoms with E-state index >= 15 is 0 Å². The summed E-state index contributed by atoms with van der Waals surface area (Å²) < 4.78 is 5.23. The van der Waals surface area contributed by atoms with Gasteiger partial charge in [-0.3, -0.25) is 4.79 Å². The fourth-order valence-electron chi connectivity index (χ4n) is 1.99. The Kier molecular flexibility index (Phi) is 4.62. The van der Waals surface area contributed by atoms with E-state index in [0.717, 1.165) is 12.3 Å². The van der Waals surface area contributed by atoms with E-state index in [1.54, 1.807) is 0 Å². The Morgan fingerprint density at radius 3 is 2.40 bits per heavy atom. The highest BCUT2D eigenvalue weighted by molar-refractivity contribution is 5.69. The standard InChI is InChI=1S/C13H24O2/c1-13(2,3)10-15-12(14)9-8-11-6-4-5-7-11/h11H,4-10H2,1-3H3. The van der Waals surface area contributed by atoms with Crippen molar-refractivity contribution in [3.8, 4) is 0 Å². The molecule has 2 heteroatoms. The molecule has 0 radical (unpaired) electrons. The molecule has 0 saturated heterocycles. The third-order valence-electron chi connectivity index (χ3n) is 2.90. The molecular weight excluding hydrogens is 188 g/mol. The van der Waals surface area contributed by atoms with Crippen molar-refractivity contribution >= 4 is 5.97 Å². The Morgan fingerprint density at radius 2 is 1.87 bits per heavy atom. The highest BCUT2D eigenvalue weighted by Crippen LogP contribution is 2.28. The van der Waals surface area contributed by atoms with Gasteiger partial charge < -0.3 is 4.74 Å². The zero-order valence-electron chi connectivity index (χ0n) is 10.3. The first kappa shape index (κ1) is 12.5. The smallest absolute Gasteiger partial charge is 0.305 e. The molecule has 88 valence electrons. The minimum Gasteiger partial charge on any atom is -0.465 e. The van der Waals surface area contributed by atoms with Crippen LogP contribution in [0.2, 0.25) is 0 Å². The SMILES string of the molecule is CC(C)(C)COC(=O)CCC1CCCC1. The molecule has 0 N–H and O–H groups in total. The van der Waals surface area contributed by atoms with Gasteiger partial charge >= 0.3 is 5.97 Å². The summed E-state index contributed by atoms with van der Waals surface area (Å²) in [6.07, 6.45) is 6.96. The molecule has 0 amide bonds. The van der Waals surface area contributed by atoms with Gasteiger partial charge in [0.2, 0.25) is 0 Å². The summed E-state index contributed by atoms with van der Waals surface area (Å²) in [5.41, 5.74) is 0.0863. The molecule has 2 nitrogen and oxygen atoms in total. The van der Waals surface area contributed by atoms with Crippen molar-refractivity contribution in [2.45, 2.75) is 59.3 Å². The Labute approximate surface area is 93.4 Å². The average Bonchev–Trinajstić information content (AvgIpc) is 2.62. The van der Waals surface area contributed by atoms with Crippen LogP contribution >= 0.6 is 0 Å². The van der Waals surface area contributed by atoms with Gasteiger partial charge in [-0.1, -0.05) is 46.5 Å². The monoisotopic (exact) mass is 212 g/mol. The average molecular weight is 212 g/mol. The van der Waals surface area contributed by atoms with E-state index in [1.165, 1.54) is 25.7 Å². The summed E-state index contributed by atoms with van der Waals surface area (Å²) in [5, 5.41) is 0. The van der Waals surface area contributed by atoms with Crippen molar-refractivity contribution in [1.82, 2.24) is 0 Å². The van der Waals surface area contributed by atoms with E-state index in [4.69, 9.17) is 4.74 Å². The first-order valence-corrected chi connectivity index (χ1v) is 6.13. The predicted octanol–water partition coefficient (Wildman–Crippen LogP) is 3.55. The lowest BCUT2D eigenvalue weighted by atomic mass is 9.98. The van der Waals surface area contributed by atoms with Crippen LogP contribution in [-0.4, -0.2) is 12.6 Å². The van der Waals surface area contributed by atoms with E-state index in [1.807, 2.05) is 0 Å². The Morgan fingerprint density at radius 1 is 1.27 bits per heavy atom. The first-order valence-electron chi connectivity index (χ1n) is 6.13. The van der Waals surface area contributed by atoms with Crippen LogP contribution < -0.4 is 0 Å². The molecule has 0 unspecified atom stereocenters. The molecule has 0 aromatic carbocycles. The number of hydrogen-bond acceptors (Lipinski definition) is 2. The van der Waals surface area contributed by atoms with E-state index in [2.05, 4.69) is 20.8 Å². The number of ether oxygens (including phenoxy) is 1. The molecule has 1 saturated carbocycles. The van der Waals surface area contributed by atoms with Gasteiger partial charge in [0.1, 0.15) is 0 Å². The van der Waals surface area contributed by atoms with Crippen molar-refractivity contribution in [1.29, 1.82) is 0 Å². The molecule has 0 aliphatic heterocycles. The summed E-state index contributed by atoms with van der Waals surface area (Å²) in [6.45, 7) is 6.78. The van der Waals surface area contributed by atoms with Gasteiger partial charge in [-0.25, -0.2) is 0 Å². The van der Waals surface area contributed by atoms with Crippen molar-refractivity contribution in [2.75, 3.05) is 6.61 Å². The molecule has 1 rings (SSSR count). The number of hydrogen-bond donors (Lipinski definition) is 0. The molecule has 1 aliphatic carbocycles. The molecule has 1 fully saturated rings.